The Labute approximate surface area is 157 Å². The number of rotatable bonds is 5. The number of nitrogens with one attached hydrogen (secondary N) is 1. The van der Waals surface area contributed by atoms with Gasteiger partial charge in [0.2, 0.25) is 5.91 Å². The van der Waals surface area contributed by atoms with Crippen LogP contribution in [0.3, 0.4) is 0 Å². The maximum atomic E-state index is 12.6. The fourth-order valence-corrected chi connectivity index (χ4v) is 3.95. The largest absolute Gasteiger partial charge is 0.337 e. The zero-order chi connectivity index (χ0) is 18.6. The summed E-state index contributed by atoms with van der Waals surface area (Å²) in [6, 6.07) is 6.09. The van der Waals surface area contributed by atoms with E-state index in [0.29, 0.717) is 11.0 Å². The molecule has 2 aromatic rings. The molecule has 0 bridgehead atoms. The second kappa shape index (κ2) is 7.87. The second-order valence-corrected chi connectivity index (χ2v) is 7.92. The standard InChI is InChI=1S/C18H22N6OS/c1-13(16(25)21-18(12-19)8-4-3-5-9-18)26-17-23-22-15(24(17)2)14-7-6-10-20-11-14/h6-7,10-11,13H,3-5,8-9H2,1-2H3,(H,21,25). The van der Waals surface area contributed by atoms with E-state index in [4.69, 9.17) is 0 Å². The van der Waals surface area contributed by atoms with Gasteiger partial charge in [-0.1, -0.05) is 31.0 Å². The van der Waals surface area contributed by atoms with Crippen LogP contribution in [-0.4, -0.2) is 36.4 Å². The SMILES string of the molecule is CC(Sc1nnc(-c2cccnc2)n1C)C(=O)NC1(C#N)CCCCC1. The van der Waals surface area contributed by atoms with E-state index < -0.39 is 5.54 Å². The van der Waals surface area contributed by atoms with Crippen molar-refractivity contribution in [3.8, 4) is 17.5 Å². The maximum absolute atomic E-state index is 12.6. The number of nitrogens with zero attached hydrogens (tertiary/aromatic N) is 5. The predicted octanol–water partition coefficient (Wildman–Crippen LogP) is 2.70. The molecule has 0 spiro atoms. The summed E-state index contributed by atoms with van der Waals surface area (Å²) >= 11 is 1.34. The molecule has 1 fully saturated rings. The average Bonchev–Trinajstić information content (AvgIpc) is 3.03. The lowest BCUT2D eigenvalue weighted by Crippen LogP contribution is -2.50. The van der Waals surface area contributed by atoms with Gasteiger partial charge in [-0.3, -0.25) is 9.78 Å². The number of thioether (sulfide) groups is 1. The zero-order valence-corrected chi connectivity index (χ0v) is 15.8. The molecule has 0 aromatic carbocycles. The molecule has 2 heterocycles. The van der Waals surface area contributed by atoms with Gasteiger partial charge in [-0.15, -0.1) is 10.2 Å². The van der Waals surface area contributed by atoms with Crippen LogP contribution in [0.1, 0.15) is 39.0 Å². The van der Waals surface area contributed by atoms with Crippen molar-refractivity contribution in [2.24, 2.45) is 7.05 Å². The van der Waals surface area contributed by atoms with Crippen LogP contribution < -0.4 is 5.32 Å². The van der Waals surface area contributed by atoms with Crippen LogP contribution >= 0.6 is 11.8 Å². The number of amides is 1. The van der Waals surface area contributed by atoms with Crippen LogP contribution in [0.4, 0.5) is 0 Å². The molecule has 0 aliphatic heterocycles. The summed E-state index contributed by atoms with van der Waals surface area (Å²) < 4.78 is 1.85. The van der Waals surface area contributed by atoms with Crippen molar-refractivity contribution in [3.05, 3.63) is 24.5 Å². The highest BCUT2D eigenvalue weighted by molar-refractivity contribution is 8.00. The summed E-state index contributed by atoms with van der Waals surface area (Å²) in [7, 11) is 1.87. The Morgan fingerprint density at radius 2 is 2.15 bits per heavy atom. The zero-order valence-electron chi connectivity index (χ0n) is 15.0. The van der Waals surface area contributed by atoms with E-state index >= 15 is 0 Å². The minimum absolute atomic E-state index is 0.135. The Kier molecular flexibility index (Phi) is 5.57. The van der Waals surface area contributed by atoms with Gasteiger partial charge in [0.05, 0.1) is 11.3 Å². The highest BCUT2D eigenvalue weighted by atomic mass is 32.2. The lowest BCUT2D eigenvalue weighted by Gasteiger charge is -2.32. The van der Waals surface area contributed by atoms with Crippen LogP contribution in [0.5, 0.6) is 0 Å². The minimum atomic E-state index is -0.717. The van der Waals surface area contributed by atoms with Gasteiger partial charge in [-0.05, 0) is 31.9 Å². The van der Waals surface area contributed by atoms with Gasteiger partial charge in [0.1, 0.15) is 5.54 Å². The van der Waals surface area contributed by atoms with E-state index in [-0.39, 0.29) is 11.2 Å². The van der Waals surface area contributed by atoms with E-state index in [2.05, 4.69) is 26.6 Å². The molecular formula is C18H22N6OS. The Bertz CT molecular complexity index is 807. The van der Waals surface area contributed by atoms with E-state index in [1.165, 1.54) is 11.8 Å². The molecular weight excluding hydrogens is 348 g/mol. The highest BCUT2D eigenvalue weighted by Gasteiger charge is 2.35. The van der Waals surface area contributed by atoms with Gasteiger partial charge in [-0.25, -0.2) is 0 Å². The molecule has 1 saturated carbocycles. The Hall–Kier alpha value is -2.40. The summed E-state index contributed by atoms with van der Waals surface area (Å²) in [4.78, 5) is 16.7. The smallest absolute Gasteiger partial charge is 0.234 e. The number of hydrogen-bond acceptors (Lipinski definition) is 6. The number of aromatic nitrogens is 4. The normalized spacial score (nSPS) is 17.3. The van der Waals surface area contributed by atoms with Crippen LogP contribution in [-0.2, 0) is 11.8 Å². The molecule has 3 rings (SSSR count). The first-order valence-electron chi connectivity index (χ1n) is 8.74. The summed E-state index contributed by atoms with van der Waals surface area (Å²) in [6.45, 7) is 1.83. The first-order chi connectivity index (χ1) is 12.5. The molecule has 1 aliphatic rings. The monoisotopic (exact) mass is 370 g/mol. The minimum Gasteiger partial charge on any atom is -0.337 e. The molecule has 1 amide bonds. The van der Waals surface area contributed by atoms with Crippen LogP contribution in [0.15, 0.2) is 29.7 Å². The van der Waals surface area contributed by atoms with Crippen molar-refractivity contribution >= 4 is 17.7 Å². The van der Waals surface area contributed by atoms with Crippen LogP contribution in [0, 0.1) is 11.3 Å². The molecule has 8 heteroatoms. The van der Waals surface area contributed by atoms with E-state index in [1.807, 2.05) is 30.7 Å². The van der Waals surface area contributed by atoms with Crippen molar-refractivity contribution in [2.75, 3.05) is 0 Å². The van der Waals surface area contributed by atoms with E-state index in [0.717, 1.165) is 37.7 Å². The third-order valence-corrected chi connectivity index (χ3v) is 5.82. The van der Waals surface area contributed by atoms with Crippen molar-refractivity contribution in [2.45, 2.75) is 55.0 Å². The maximum Gasteiger partial charge on any atom is 0.234 e. The lowest BCUT2D eigenvalue weighted by atomic mass is 9.83. The summed E-state index contributed by atoms with van der Waals surface area (Å²) in [5.41, 5.74) is 0.155. The average molecular weight is 370 g/mol. The topological polar surface area (TPSA) is 96.5 Å². The van der Waals surface area contributed by atoms with Gasteiger partial charge in [0.25, 0.3) is 0 Å². The van der Waals surface area contributed by atoms with E-state index in [1.54, 1.807) is 12.4 Å². The van der Waals surface area contributed by atoms with Gasteiger partial charge >= 0.3 is 0 Å². The molecule has 1 aliphatic carbocycles. The molecule has 0 saturated heterocycles. The molecule has 1 atom stereocenters. The highest BCUT2D eigenvalue weighted by Crippen LogP contribution is 2.29. The van der Waals surface area contributed by atoms with Gasteiger partial charge in [0.15, 0.2) is 11.0 Å². The van der Waals surface area contributed by atoms with Gasteiger partial charge in [-0.2, -0.15) is 5.26 Å². The van der Waals surface area contributed by atoms with Crippen molar-refractivity contribution in [1.29, 1.82) is 5.26 Å². The first-order valence-corrected chi connectivity index (χ1v) is 9.62. The third-order valence-electron chi connectivity index (χ3n) is 4.69. The van der Waals surface area contributed by atoms with Gasteiger partial charge in [0, 0.05) is 25.0 Å². The Balaban J connectivity index is 1.68. The van der Waals surface area contributed by atoms with Crippen molar-refractivity contribution < 1.29 is 4.79 Å². The summed E-state index contributed by atoms with van der Waals surface area (Å²) in [6.07, 6.45) is 7.97. The predicted molar refractivity (Wildman–Crippen MR) is 99.1 cm³/mol. The molecule has 1 N–H and O–H groups in total. The molecule has 7 nitrogen and oxygen atoms in total. The summed E-state index contributed by atoms with van der Waals surface area (Å²) in [5.74, 6) is 0.568. The van der Waals surface area contributed by atoms with E-state index in [9.17, 15) is 10.1 Å². The van der Waals surface area contributed by atoms with Crippen molar-refractivity contribution in [1.82, 2.24) is 25.1 Å². The molecule has 136 valence electrons. The van der Waals surface area contributed by atoms with Gasteiger partial charge < -0.3 is 9.88 Å². The number of carbonyl (C=O) groups is 1. The quantitative estimate of drug-likeness (QED) is 0.813. The van der Waals surface area contributed by atoms with Crippen molar-refractivity contribution in [3.63, 3.8) is 0 Å². The van der Waals surface area contributed by atoms with Crippen LogP contribution in [0.2, 0.25) is 0 Å². The fourth-order valence-electron chi connectivity index (χ4n) is 3.13. The third kappa shape index (κ3) is 3.88. The second-order valence-electron chi connectivity index (χ2n) is 6.61. The van der Waals surface area contributed by atoms with Crippen LogP contribution in [0.25, 0.3) is 11.4 Å². The molecule has 1 unspecified atom stereocenters. The Morgan fingerprint density at radius 3 is 2.81 bits per heavy atom. The molecule has 2 aromatic heterocycles. The number of hydrogen-bond donors (Lipinski definition) is 1. The molecule has 0 radical (unpaired) electrons. The molecule has 26 heavy (non-hydrogen) atoms. The lowest BCUT2D eigenvalue weighted by molar-refractivity contribution is -0.121. The number of pyridine rings is 1. The first kappa shape index (κ1) is 18.4. The number of nitriles is 1. The summed E-state index contributed by atoms with van der Waals surface area (Å²) in [5, 5.41) is 21.2. The Morgan fingerprint density at radius 1 is 1.38 bits per heavy atom. The fraction of sp³-hybridized carbons (Fsp3) is 0.500. The number of carbonyl (C=O) groups excluding carboxylic acids is 1.